The number of nitrogens with zero attached hydrogens (tertiary/aromatic N) is 1. The molecule has 0 aliphatic heterocycles. The van der Waals surface area contributed by atoms with Crippen LogP contribution in [0.5, 0.6) is 0 Å². The van der Waals surface area contributed by atoms with Crippen LogP contribution < -0.4 is 11.1 Å². The topological polar surface area (TPSA) is 124 Å². The van der Waals surface area contributed by atoms with Crippen molar-refractivity contribution in [2.45, 2.75) is 69.2 Å². The molecule has 2 aromatic rings. The van der Waals surface area contributed by atoms with Gasteiger partial charge in [-0.05, 0) is 17.9 Å². The summed E-state index contributed by atoms with van der Waals surface area (Å²) in [4.78, 5) is 19.7. The number of aliphatic hydroxyl groups is 2. The Hall–Kier alpha value is -2.22. The number of rotatable bonds is 9. The Balaban J connectivity index is 1.68. The largest absolute Gasteiger partial charge is 0.388 e. The third-order valence-corrected chi connectivity index (χ3v) is 5.84. The normalized spacial score (nSPS) is 19.3. The first-order chi connectivity index (χ1) is 14.0. The highest BCUT2D eigenvalue weighted by Gasteiger charge is 2.32. The molecule has 1 heterocycles. The zero-order chi connectivity index (χ0) is 20.6. The zero-order valence-corrected chi connectivity index (χ0v) is 16.7. The molecule has 1 aromatic heterocycles. The number of aromatic nitrogens is 2. The molecule has 1 amide bonds. The minimum absolute atomic E-state index is 0.308. The van der Waals surface area contributed by atoms with E-state index in [1.807, 2.05) is 18.2 Å². The number of carbonyl (C=O) groups is 1. The predicted molar refractivity (Wildman–Crippen MR) is 111 cm³/mol. The van der Waals surface area contributed by atoms with Crippen molar-refractivity contribution in [3.8, 4) is 0 Å². The summed E-state index contributed by atoms with van der Waals surface area (Å²) < 4.78 is 0. The van der Waals surface area contributed by atoms with Crippen LogP contribution in [0.1, 0.15) is 55.9 Å². The fourth-order valence-electron chi connectivity index (χ4n) is 4.14. The molecule has 0 radical (unpaired) electrons. The molecule has 0 spiro atoms. The first kappa shape index (κ1) is 21.5. The molecule has 29 heavy (non-hydrogen) atoms. The third kappa shape index (κ3) is 6.13. The van der Waals surface area contributed by atoms with Crippen LogP contribution in [0.15, 0.2) is 42.9 Å². The average Bonchev–Trinajstić information content (AvgIpc) is 3.26. The van der Waals surface area contributed by atoms with Gasteiger partial charge in [-0.3, -0.25) is 4.79 Å². The number of amides is 1. The van der Waals surface area contributed by atoms with Crippen LogP contribution in [-0.2, 0) is 11.2 Å². The SMILES string of the molecule is N[C@@H](Cc1c[nH]cn1)C(=O)N[C@@H](CC1CCCCC1)[C@@H](O)[C@@H](O)c1ccccc1. The average molecular weight is 401 g/mol. The third-order valence-electron chi connectivity index (χ3n) is 5.84. The number of hydrogen-bond acceptors (Lipinski definition) is 5. The van der Waals surface area contributed by atoms with Gasteiger partial charge in [-0.1, -0.05) is 62.4 Å². The van der Waals surface area contributed by atoms with Crippen molar-refractivity contribution in [3.63, 3.8) is 0 Å². The molecule has 0 saturated heterocycles. The van der Waals surface area contributed by atoms with Gasteiger partial charge in [-0.25, -0.2) is 4.98 Å². The van der Waals surface area contributed by atoms with E-state index in [-0.39, 0.29) is 5.91 Å². The van der Waals surface area contributed by atoms with E-state index < -0.39 is 24.3 Å². The zero-order valence-electron chi connectivity index (χ0n) is 16.7. The van der Waals surface area contributed by atoms with Gasteiger partial charge in [0.15, 0.2) is 0 Å². The highest BCUT2D eigenvalue weighted by molar-refractivity contribution is 5.82. The summed E-state index contributed by atoms with van der Waals surface area (Å²) in [5.41, 5.74) is 7.41. The Morgan fingerprint density at radius 3 is 2.59 bits per heavy atom. The number of H-pyrrole nitrogens is 1. The molecule has 7 heteroatoms. The van der Waals surface area contributed by atoms with Crippen molar-refractivity contribution >= 4 is 5.91 Å². The molecular weight excluding hydrogens is 368 g/mol. The first-order valence-electron chi connectivity index (χ1n) is 10.5. The Labute approximate surface area is 171 Å². The van der Waals surface area contributed by atoms with E-state index in [4.69, 9.17) is 5.73 Å². The van der Waals surface area contributed by atoms with Crippen LogP contribution >= 0.6 is 0 Å². The number of hydrogen-bond donors (Lipinski definition) is 5. The van der Waals surface area contributed by atoms with Gasteiger partial charge >= 0.3 is 0 Å². The number of nitrogens with two attached hydrogens (primary N) is 1. The van der Waals surface area contributed by atoms with Gasteiger partial charge in [-0.2, -0.15) is 0 Å². The molecule has 0 bridgehead atoms. The maximum absolute atomic E-state index is 12.7. The van der Waals surface area contributed by atoms with E-state index in [0.717, 1.165) is 12.8 Å². The number of aromatic amines is 1. The second-order valence-corrected chi connectivity index (χ2v) is 8.07. The molecule has 7 nitrogen and oxygen atoms in total. The van der Waals surface area contributed by atoms with Crippen LogP contribution in [0.3, 0.4) is 0 Å². The lowest BCUT2D eigenvalue weighted by molar-refractivity contribution is -0.125. The van der Waals surface area contributed by atoms with Gasteiger partial charge in [-0.15, -0.1) is 0 Å². The summed E-state index contributed by atoms with van der Waals surface area (Å²) in [6.07, 6.45) is 7.74. The van der Waals surface area contributed by atoms with Crippen molar-refractivity contribution in [2.24, 2.45) is 11.7 Å². The van der Waals surface area contributed by atoms with Crippen LogP contribution in [0.25, 0.3) is 0 Å². The van der Waals surface area contributed by atoms with Crippen molar-refractivity contribution in [1.29, 1.82) is 0 Å². The molecule has 4 atom stereocenters. The maximum atomic E-state index is 12.7. The molecule has 6 N–H and O–H groups in total. The lowest BCUT2D eigenvalue weighted by Crippen LogP contribution is -2.52. The summed E-state index contributed by atoms with van der Waals surface area (Å²) in [6, 6.07) is 7.71. The lowest BCUT2D eigenvalue weighted by atomic mass is 9.82. The highest BCUT2D eigenvalue weighted by Crippen LogP contribution is 2.30. The Kier molecular flexibility index (Phi) is 7.80. The van der Waals surface area contributed by atoms with Crippen LogP contribution in [-0.4, -0.2) is 44.3 Å². The number of benzene rings is 1. The van der Waals surface area contributed by atoms with Crippen molar-refractivity contribution in [3.05, 3.63) is 54.1 Å². The summed E-state index contributed by atoms with van der Waals surface area (Å²) in [5, 5.41) is 24.5. The minimum atomic E-state index is -1.11. The van der Waals surface area contributed by atoms with E-state index in [1.54, 1.807) is 24.7 Å². The first-order valence-corrected chi connectivity index (χ1v) is 10.5. The summed E-state index contributed by atoms with van der Waals surface area (Å²) in [5.74, 6) is 0.0855. The van der Waals surface area contributed by atoms with Crippen LogP contribution in [0.2, 0.25) is 0 Å². The summed E-state index contributed by atoms with van der Waals surface area (Å²) >= 11 is 0. The van der Waals surface area contributed by atoms with Gasteiger partial charge < -0.3 is 26.2 Å². The number of carbonyl (C=O) groups excluding carboxylic acids is 1. The lowest BCUT2D eigenvalue weighted by Gasteiger charge is -2.33. The van der Waals surface area contributed by atoms with E-state index in [2.05, 4.69) is 15.3 Å². The second-order valence-electron chi connectivity index (χ2n) is 8.07. The molecule has 1 fully saturated rings. The summed E-state index contributed by atoms with van der Waals surface area (Å²) in [7, 11) is 0. The number of nitrogens with one attached hydrogen (secondary N) is 2. The van der Waals surface area contributed by atoms with Gasteiger partial charge in [0.2, 0.25) is 5.91 Å². The maximum Gasteiger partial charge on any atom is 0.237 e. The fourth-order valence-corrected chi connectivity index (χ4v) is 4.14. The second kappa shape index (κ2) is 10.5. The van der Waals surface area contributed by atoms with Crippen LogP contribution in [0.4, 0.5) is 0 Å². The van der Waals surface area contributed by atoms with Gasteiger partial charge in [0.1, 0.15) is 12.2 Å². The standard InChI is InChI=1S/C22H32N4O3/c23-18(12-17-13-24-14-25-17)22(29)26-19(11-15-7-3-1-4-8-15)21(28)20(27)16-9-5-2-6-10-16/h2,5-6,9-10,13-15,18-21,27-28H,1,3-4,7-8,11-12,23H2,(H,24,25)(H,26,29)/t18-,19-,20-,21+/m0/s1. The molecule has 1 aromatic carbocycles. The van der Waals surface area contributed by atoms with Gasteiger partial charge in [0.25, 0.3) is 0 Å². The molecule has 3 rings (SSSR count). The molecule has 0 unspecified atom stereocenters. The summed E-state index contributed by atoms with van der Waals surface area (Å²) in [6.45, 7) is 0. The monoisotopic (exact) mass is 400 g/mol. The quantitative estimate of drug-likeness (QED) is 0.439. The van der Waals surface area contributed by atoms with Gasteiger partial charge in [0.05, 0.1) is 24.1 Å². The molecule has 1 aliphatic rings. The molecular formula is C22H32N4O3. The van der Waals surface area contributed by atoms with Crippen molar-refractivity contribution in [1.82, 2.24) is 15.3 Å². The molecule has 1 saturated carbocycles. The minimum Gasteiger partial charge on any atom is -0.388 e. The Bertz CT molecular complexity index is 732. The number of imidazole rings is 1. The van der Waals surface area contributed by atoms with Gasteiger partial charge in [0, 0.05) is 12.6 Å². The van der Waals surface area contributed by atoms with Crippen molar-refractivity contribution in [2.75, 3.05) is 0 Å². The van der Waals surface area contributed by atoms with Crippen LogP contribution in [0, 0.1) is 5.92 Å². The molecule has 1 aliphatic carbocycles. The van der Waals surface area contributed by atoms with E-state index in [1.165, 1.54) is 19.3 Å². The van der Waals surface area contributed by atoms with E-state index in [0.29, 0.717) is 30.0 Å². The smallest absolute Gasteiger partial charge is 0.237 e. The predicted octanol–water partition coefficient (Wildman–Crippen LogP) is 1.83. The number of aliphatic hydroxyl groups excluding tert-OH is 2. The van der Waals surface area contributed by atoms with Crippen molar-refractivity contribution < 1.29 is 15.0 Å². The Morgan fingerprint density at radius 2 is 1.93 bits per heavy atom. The Morgan fingerprint density at radius 1 is 1.21 bits per heavy atom. The van der Waals surface area contributed by atoms with E-state index in [9.17, 15) is 15.0 Å². The highest BCUT2D eigenvalue weighted by atomic mass is 16.3. The fraction of sp³-hybridized carbons (Fsp3) is 0.545. The van der Waals surface area contributed by atoms with E-state index >= 15 is 0 Å². The molecule has 158 valence electrons.